The number of thioether (sulfide) groups is 1. The second kappa shape index (κ2) is 9.44. The molecule has 0 bridgehead atoms. The van der Waals surface area contributed by atoms with Gasteiger partial charge in [-0.1, -0.05) is 41.4 Å². The molecule has 0 aliphatic carbocycles. The van der Waals surface area contributed by atoms with Crippen LogP contribution < -0.4 is 5.32 Å². The first kappa shape index (κ1) is 19.3. The summed E-state index contributed by atoms with van der Waals surface area (Å²) in [6, 6.07) is 11.3. The van der Waals surface area contributed by atoms with Crippen molar-refractivity contribution < 1.29 is 14.3 Å². The molecule has 7 heteroatoms. The second-order valence-corrected chi connectivity index (χ2v) is 6.88. The molecule has 2 rings (SSSR count). The molecule has 1 aromatic heterocycles. The van der Waals surface area contributed by atoms with Gasteiger partial charge in [-0.3, -0.25) is 9.59 Å². The van der Waals surface area contributed by atoms with Crippen LogP contribution in [-0.4, -0.2) is 28.7 Å². The van der Waals surface area contributed by atoms with E-state index in [2.05, 4.69) is 10.3 Å². The predicted molar refractivity (Wildman–Crippen MR) is 101 cm³/mol. The Bertz CT molecular complexity index is 720. The first-order chi connectivity index (χ1) is 11.9. The Morgan fingerprint density at radius 2 is 1.96 bits per heavy atom. The number of nitrogens with one attached hydrogen (secondary N) is 1. The molecular formula is C18H19ClN2O3S. The largest absolute Gasteiger partial charge is 0.452 e. The Labute approximate surface area is 156 Å². The highest BCUT2D eigenvalue weighted by molar-refractivity contribution is 7.99. The number of benzene rings is 1. The van der Waals surface area contributed by atoms with E-state index in [0.717, 1.165) is 5.56 Å². The van der Waals surface area contributed by atoms with Crippen LogP contribution in [0, 0.1) is 6.92 Å². The number of rotatable bonds is 7. The van der Waals surface area contributed by atoms with Crippen LogP contribution >= 0.6 is 23.4 Å². The summed E-state index contributed by atoms with van der Waals surface area (Å²) in [5.41, 5.74) is 2.34. The summed E-state index contributed by atoms with van der Waals surface area (Å²) < 4.78 is 5.14. The number of amides is 1. The van der Waals surface area contributed by atoms with E-state index in [1.165, 1.54) is 30.4 Å². The van der Waals surface area contributed by atoms with Crippen molar-refractivity contribution in [3.8, 4) is 0 Å². The van der Waals surface area contributed by atoms with Gasteiger partial charge in [-0.05, 0) is 31.5 Å². The molecule has 2 aromatic rings. The molecule has 0 unspecified atom stereocenters. The van der Waals surface area contributed by atoms with E-state index in [-0.39, 0.29) is 5.75 Å². The number of carbonyl (C=O) groups excluding carboxylic acids is 2. The first-order valence-corrected chi connectivity index (χ1v) is 9.22. The minimum absolute atomic E-state index is 0.185. The van der Waals surface area contributed by atoms with Crippen LogP contribution in [0.4, 0.5) is 5.82 Å². The van der Waals surface area contributed by atoms with Crippen LogP contribution in [-0.2, 0) is 20.1 Å². The molecule has 1 amide bonds. The van der Waals surface area contributed by atoms with Gasteiger partial charge in [-0.2, -0.15) is 0 Å². The monoisotopic (exact) mass is 378 g/mol. The van der Waals surface area contributed by atoms with Gasteiger partial charge in [0.1, 0.15) is 5.82 Å². The number of carbonyl (C=O) groups is 2. The maximum atomic E-state index is 12.0. The van der Waals surface area contributed by atoms with E-state index in [1.54, 1.807) is 12.1 Å². The third-order valence-electron chi connectivity index (χ3n) is 3.27. The zero-order valence-electron chi connectivity index (χ0n) is 14.0. The van der Waals surface area contributed by atoms with Crippen molar-refractivity contribution in [3.63, 3.8) is 0 Å². The molecule has 0 saturated heterocycles. The summed E-state index contributed by atoms with van der Waals surface area (Å²) >= 11 is 7.18. The van der Waals surface area contributed by atoms with Crippen LogP contribution in [0.15, 0.2) is 42.6 Å². The third kappa shape index (κ3) is 6.76. The number of halogens is 1. The van der Waals surface area contributed by atoms with Gasteiger partial charge in [0.05, 0.1) is 10.8 Å². The molecule has 0 saturated carbocycles. The fraction of sp³-hybridized carbons (Fsp3) is 0.278. The van der Waals surface area contributed by atoms with Gasteiger partial charge in [0.2, 0.25) is 0 Å². The lowest BCUT2D eigenvalue weighted by molar-refractivity contribution is -0.150. The number of pyridine rings is 1. The van der Waals surface area contributed by atoms with Crippen molar-refractivity contribution in [1.82, 2.24) is 4.98 Å². The number of ether oxygens (including phenoxy) is 1. The van der Waals surface area contributed by atoms with E-state index in [9.17, 15) is 9.59 Å². The average molecular weight is 379 g/mol. The summed E-state index contributed by atoms with van der Waals surface area (Å²) in [6.07, 6.45) is 0.528. The summed E-state index contributed by atoms with van der Waals surface area (Å²) in [4.78, 5) is 27.8. The van der Waals surface area contributed by atoms with Gasteiger partial charge in [0.25, 0.3) is 5.91 Å². The van der Waals surface area contributed by atoms with Crippen LogP contribution in [0.3, 0.4) is 0 Å². The Hall–Kier alpha value is -2.05. The van der Waals surface area contributed by atoms with Crippen molar-refractivity contribution in [2.75, 3.05) is 11.1 Å². The van der Waals surface area contributed by atoms with Gasteiger partial charge in [0.15, 0.2) is 6.10 Å². The molecule has 0 fully saturated rings. The molecule has 132 valence electrons. The SMILES string of the molecule is Cc1ccc(CSCC(=O)O[C@@H](C)C(=O)Nc2ccc(Cl)cn2)cc1. The van der Waals surface area contributed by atoms with Gasteiger partial charge in [-0.25, -0.2) is 4.98 Å². The maximum Gasteiger partial charge on any atom is 0.316 e. The second-order valence-electron chi connectivity index (χ2n) is 5.46. The van der Waals surface area contributed by atoms with Crippen LogP contribution in [0.5, 0.6) is 0 Å². The molecule has 25 heavy (non-hydrogen) atoms. The molecule has 0 radical (unpaired) electrons. The molecule has 1 aromatic carbocycles. The van der Waals surface area contributed by atoms with Gasteiger partial charge in [-0.15, -0.1) is 11.8 Å². The fourth-order valence-corrected chi connectivity index (χ4v) is 2.78. The molecule has 1 heterocycles. The Morgan fingerprint density at radius 1 is 1.24 bits per heavy atom. The van der Waals surface area contributed by atoms with Crippen LogP contribution in [0.25, 0.3) is 0 Å². The number of hydrogen-bond donors (Lipinski definition) is 1. The van der Waals surface area contributed by atoms with Crippen molar-refractivity contribution >= 4 is 41.1 Å². The van der Waals surface area contributed by atoms with E-state index < -0.39 is 18.0 Å². The molecule has 0 aliphatic rings. The van der Waals surface area contributed by atoms with Gasteiger partial charge >= 0.3 is 5.97 Å². The number of esters is 1. The Morgan fingerprint density at radius 3 is 2.60 bits per heavy atom. The fourth-order valence-electron chi connectivity index (χ4n) is 1.90. The summed E-state index contributed by atoms with van der Waals surface area (Å²) in [5, 5.41) is 3.04. The quantitative estimate of drug-likeness (QED) is 0.741. The highest BCUT2D eigenvalue weighted by Gasteiger charge is 2.18. The van der Waals surface area contributed by atoms with E-state index in [1.807, 2.05) is 31.2 Å². The van der Waals surface area contributed by atoms with Crippen molar-refractivity contribution in [3.05, 3.63) is 58.7 Å². The predicted octanol–water partition coefficient (Wildman–Crippen LogP) is 3.85. The zero-order chi connectivity index (χ0) is 18.2. The van der Waals surface area contributed by atoms with Crippen LogP contribution in [0.2, 0.25) is 5.02 Å². The highest BCUT2D eigenvalue weighted by atomic mass is 35.5. The average Bonchev–Trinajstić information content (AvgIpc) is 2.58. The van der Waals surface area contributed by atoms with E-state index in [0.29, 0.717) is 16.6 Å². The highest BCUT2D eigenvalue weighted by Crippen LogP contribution is 2.14. The minimum atomic E-state index is -0.898. The number of anilines is 1. The molecule has 5 nitrogen and oxygen atoms in total. The number of hydrogen-bond acceptors (Lipinski definition) is 5. The number of aryl methyl sites for hydroxylation is 1. The normalized spacial score (nSPS) is 11.6. The van der Waals surface area contributed by atoms with E-state index in [4.69, 9.17) is 16.3 Å². The molecular weight excluding hydrogens is 360 g/mol. The van der Waals surface area contributed by atoms with Crippen molar-refractivity contribution in [2.24, 2.45) is 0 Å². The standard InChI is InChI=1S/C18H19ClN2O3S/c1-12-3-5-14(6-4-12)10-25-11-17(22)24-13(2)18(23)21-16-8-7-15(19)9-20-16/h3-9,13H,10-11H2,1-2H3,(H,20,21,23)/t13-/m0/s1. The lowest BCUT2D eigenvalue weighted by atomic mass is 10.2. The summed E-state index contributed by atoms with van der Waals surface area (Å²) in [7, 11) is 0. The van der Waals surface area contributed by atoms with Crippen molar-refractivity contribution in [1.29, 1.82) is 0 Å². The molecule has 1 N–H and O–H groups in total. The summed E-state index contributed by atoms with van der Waals surface area (Å²) in [6.45, 7) is 3.55. The Balaban J connectivity index is 1.72. The lowest BCUT2D eigenvalue weighted by Gasteiger charge is -2.13. The van der Waals surface area contributed by atoms with Gasteiger partial charge in [0, 0.05) is 11.9 Å². The zero-order valence-corrected chi connectivity index (χ0v) is 15.6. The molecule has 0 aliphatic heterocycles. The maximum absolute atomic E-state index is 12.0. The number of aromatic nitrogens is 1. The van der Waals surface area contributed by atoms with Gasteiger partial charge < -0.3 is 10.1 Å². The van der Waals surface area contributed by atoms with Crippen LogP contribution in [0.1, 0.15) is 18.1 Å². The summed E-state index contributed by atoms with van der Waals surface area (Å²) in [5.74, 6) is 0.386. The smallest absolute Gasteiger partial charge is 0.316 e. The lowest BCUT2D eigenvalue weighted by Crippen LogP contribution is -2.30. The Kier molecular flexibility index (Phi) is 7.28. The first-order valence-electron chi connectivity index (χ1n) is 7.69. The van der Waals surface area contributed by atoms with E-state index >= 15 is 0 Å². The molecule has 1 atom stereocenters. The number of nitrogens with zero attached hydrogens (tertiary/aromatic N) is 1. The molecule has 0 spiro atoms. The minimum Gasteiger partial charge on any atom is -0.452 e. The third-order valence-corrected chi connectivity index (χ3v) is 4.47. The van der Waals surface area contributed by atoms with Crippen molar-refractivity contribution in [2.45, 2.75) is 25.7 Å². The topological polar surface area (TPSA) is 68.3 Å².